The van der Waals surface area contributed by atoms with E-state index in [1.54, 1.807) is 0 Å². The molecule has 1 aromatic rings. The van der Waals surface area contributed by atoms with Crippen molar-refractivity contribution in [2.75, 3.05) is 32.8 Å². The van der Waals surface area contributed by atoms with E-state index < -0.39 is 0 Å². The summed E-state index contributed by atoms with van der Waals surface area (Å²) in [4.78, 5) is 14.9. The van der Waals surface area contributed by atoms with E-state index in [1.165, 1.54) is 17.5 Å². The Morgan fingerprint density at radius 2 is 1.72 bits per heavy atom. The number of ether oxygens (including phenoxy) is 1. The van der Waals surface area contributed by atoms with Gasteiger partial charge < -0.3 is 20.3 Å². The van der Waals surface area contributed by atoms with E-state index in [0.717, 1.165) is 58.5 Å². The van der Waals surface area contributed by atoms with E-state index in [2.05, 4.69) is 39.8 Å². The summed E-state index contributed by atoms with van der Waals surface area (Å²) >= 11 is 0. The molecule has 2 amide bonds. The van der Waals surface area contributed by atoms with Gasteiger partial charge in [-0.15, -0.1) is 0 Å². The summed E-state index contributed by atoms with van der Waals surface area (Å²) in [5.41, 5.74) is 2.74. The van der Waals surface area contributed by atoms with Gasteiger partial charge >= 0.3 is 6.03 Å². The number of nitrogens with one attached hydrogen (secondary N) is 2. The SMILES string of the molecule is O=C(NC1CCN(C[C@H]2CCOC2)CC1)NC1Cc2ccccc2C1. The van der Waals surface area contributed by atoms with Crippen molar-refractivity contribution in [3.8, 4) is 0 Å². The summed E-state index contributed by atoms with van der Waals surface area (Å²) in [7, 11) is 0. The highest BCUT2D eigenvalue weighted by Gasteiger charge is 2.26. The molecule has 3 aliphatic rings. The third kappa shape index (κ3) is 4.33. The smallest absolute Gasteiger partial charge is 0.315 e. The molecule has 0 aromatic heterocycles. The average molecular weight is 343 g/mol. The molecule has 2 fully saturated rings. The van der Waals surface area contributed by atoms with Crippen molar-refractivity contribution in [3.63, 3.8) is 0 Å². The third-order valence-electron chi connectivity index (χ3n) is 5.85. The third-order valence-corrected chi connectivity index (χ3v) is 5.85. The van der Waals surface area contributed by atoms with E-state index in [9.17, 15) is 4.79 Å². The second-order valence-corrected chi connectivity index (χ2v) is 7.80. The zero-order chi connectivity index (χ0) is 17.1. The van der Waals surface area contributed by atoms with E-state index in [0.29, 0.717) is 12.0 Å². The molecule has 2 heterocycles. The van der Waals surface area contributed by atoms with Crippen LogP contribution < -0.4 is 10.6 Å². The van der Waals surface area contributed by atoms with Gasteiger partial charge in [0.15, 0.2) is 0 Å². The van der Waals surface area contributed by atoms with E-state index >= 15 is 0 Å². The van der Waals surface area contributed by atoms with E-state index in [1.807, 2.05) is 0 Å². The first-order chi connectivity index (χ1) is 12.3. The first-order valence-electron chi connectivity index (χ1n) is 9.70. The molecule has 0 saturated carbocycles. The van der Waals surface area contributed by atoms with Crippen LogP contribution in [-0.2, 0) is 17.6 Å². The second kappa shape index (κ2) is 7.75. The quantitative estimate of drug-likeness (QED) is 0.879. The maximum Gasteiger partial charge on any atom is 0.315 e. The van der Waals surface area contributed by atoms with Crippen LogP contribution in [0, 0.1) is 5.92 Å². The molecular weight excluding hydrogens is 314 g/mol. The summed E-state index contributed by atoms with van der Waals surface area (Å²) < 4.78 is 5.47. The second-order valence-electron chi connectivity index (χ2n) is 7.80. The van der Waals surface area contributed by atoms with Gasteiger partial charge in [-0.2, -0.15) is 0 Å². The molecule has 5 heteroatoms. The molecule has 0 spiro atoms. The van der Waals surface area contributed by atoms with Crippen molar-refractivity contribution >= 4 is 6.03 Å². The molecule has 1 atom stereocenters. The van der Waals surface area contributed by atoms with Crippen molar-refractivity contribution in [2.24, 2.45) is 5.92 Å². The maximum absolute atomic E-state index is 12.3. The molecule has 1 aromatic carbocycles. The Kier molecular flexibility index (Phi) is 5.22. The van der Waals surface area contributed by atoms with Crippen LogP contribution in [0.25, 0.3) is 0 Å². The summed E-state index contributed by atoms with van der Waals surface area (Å²) in [6.07, 6.45) is 5.19. The van der Waals surface area contributed by atoms with Crippen LogP contribution in [0.2, 0.25) is 0 Å². The Morgan fingerprint density at radius 3 is 2.36 bits per heavy atom. The molecule has 0 bridgehead atoms. The molecule has 136 valence electrons. The van der Waals surface area contributed by atoms with Gasteiger partial charge in [0.05, 0.1) is 6.61 Å². The minimum absolute atomic E-state index is 0.000416. The molecule has 2 saturated heterocycles. The maximum atomic E-state index is 12.3. The number of carbonyl (C=O) groups excluding carboxylic acids is 1. The van der Waals surface area contributed by atoms with Gasteiger partial charge in [0, 0.05) is 38.3 Å². The van der Waals surface area contributed by atoms with Crippen molar-refractivity contribution in [3.05, 3.63) is 35.4 Å². The van der Waals surface area contributed by atoms with Gasteiger partial charge in [-0.1, -0.05) is 24.3 Å². The van der Waals surface area contributed by atoms with Crippen molar-refractivity contribution in [1.29, 1.82) is 0 Å². The fourth-order valence-corrected chi connectivity index (χ4v) is 4.43. The fourth-order valence-electron chi connectivity index (χ4n) is 4.43. The number of hydrogen-bond acceptors (Lipinski definition) is 3. The Labute approximate surface area is 150 Å². The molecule has 0 unspecified atom stereocenters. The summed E-state index contributed by atoms with van der Waals surface area (Å²) in [5, 5.41) is 6.35. The lowest BCUT2D eigenvalue weighted by Crippen LogP contribution is -2.50. The van der Waals surface area contributed by atoms with Gasteiger partial charge in [-0.3, -0.25) is 0 Å². The molecule has 1 aliphatic carbocycles. The number of piperidine rings is 1. The normalized spacial score (nSPS) is 25.0. The molecule has 25 heavy (non-hydrogen) atoms. The highest BCUT2D eigenvalue weighted by Crippen LogP contribution is 2.22. The van der Waals surface area contributed by atoms with Crippen molar-refractivity contribution < 1.29 is 9.53 Å². The first-order valence-corrected chi connectivity index (χ1v) is 9.70. The van der Waals surface area contributed by atoms with Crippen LogP contribution in [0.5, 0.6) is 0 Å². The molecule has 2 N–H and O–H groups in total. The standard InChI is InChI=1S/C20H29N3O2/c24-20(22-19-11-16-3-1-2-4-17(16)12-19)21-18-5-8-23(9-6-18)13-15-7-10-25-14-15/h1-4,15,18-19H,5-14H2,(H2,21,22,24)/t15-/m1/s1. The zero-order valence-electron chi connectivity index (χ0n) is 14.9. The largest absolute Gasteiger partial charge is 0.381 e. The number of benzene rings is 1. The molecule has 5 nitrogen and oxygen atoms in total. The lowest BCUT2D eigenvalue weighted by atomic mass is 10.0. The van der Waals surface area contributed by atoms with Crippen LogP contribution in [0.1, 0.15) is 30.4 Å². The first kappa shape index (κ1) is 16.9. The number of hydrogen-bond donors (Lipinski definition) is 2. The lowest BCUT2D eigenvalue weighted by molar-refractivity contribution is 0.147. The molecular formula is C20H29N3O2. The predicted octanol–water partition coefficient (Wildman–Crippen LogP) is 1.95. The van der Waals surface area contributed by atoms with Gasteiger partial charge in [0.1, 0.15) is 0 Å². The number of likely N-dealkylation sites (tertiary alicyclic amines) is 1. The van der Waals surface area contributed by atoms with Crippen LogP contribution in [0.4, 0.5) is 4.79 Å². The monoisotopic (exact) mass is 343 g/mol. The van der Waals surface area contributed by atoms with E-state index in [-0.39, 0.29) is 12.1 Å². The van der Waals surface area contributed by atoms with Gasteiger partial charge in [0.25, 0.3) is 0 Å². The molecule has 4 rings (SSSR count). The minimum atomic E-state index is 0.000416. The predicted molar refractivity (Wildman–Crippen MR) is 97.7 cm³/mol. The van der Waals surface area contributed by atoms with Crippen molar-refractivity contribution in [2.45, 2.75) is 44.2 Å². The summed E-state index contributed by atoms with van der Waals surface area (Å²) in [6.45, 7) is 5.16. The molecule has 0 radical (unpaired) electrons. The Bertz CT molecular complexity index is 567. The fraction of sp³-hybridized carbons (Fsp3) is 0.650. The lowest BCUT2D eigenvalue weighted by Gasteiger charge is -2.33. The topological polar surface area (TPSA) is 53.6 Å². The Hall–Kier alpha value is -1.59. The van der Waals surface area contributed by atoms with Crippen LogP contribution >= 0.6 is 0 Å². The zero-order valence-corrected chi connectivity index (χ0v) is 14.9. The van der Waals surface area contributed by atoms with Crippen molar-refractivity contribution in [1.82, 2.24) is 15.5 Å². The number of rotatable bonds is 4. The summed E-state index contributed by atoms with van der Waals surface area (Å²) in [6, 6.07) is 9.03. The average Bonchev–Trinajstić information content (AvgIpc) is 3.25. The van der Waals surface area contributed by atoms with Crippen LogP contribution in [0.3, 0.4) is 0 Å². The van der Waals surface area contributed by atoms with Crippen LogP contribution in [-0.4, -0.2) is 55.9 Å². The molecule has 2 aliphatic heterocycles. The highest BCUT2D eigenvalue weighted by atomic mass is 16.5. The number of urea groups is 1. The Morgan fingerprint density at radius 1 is 1.04 bits per heavy atom. The Balaban J connectivity index is 1.17. The van der Waals surface area contributed by atoms with E-state index in [4.69, 9.17) is 4.74 Å². The number of carbonyl (C=O) groups is 1. The minimum Gasteiger partial charge on any atom is -0.381 e. The van der Waals surface area contributed by atoms with Gasteiger partial charge in [-0.25, -0.2) is 4.79 Å². The van der Waals surface area contributed by atoms with Gasteiger partial charge in [-0.05, 0) is 49.1 Å². The number of nitrogens with zero attached hydrogens (tertiary/aromatic N) is 1. The number of fused-ring (bicyclic) bond motifs is 1. The summed E-state index contributed by atoms with van der Waals surface area (Å²) in [5.74, 6) is 0.705. The number of amides is 2. The van der Waals surface area contributed by atoms with Gasteiger partial charge in [0.2, 0.25) is 0 Å². The van der Waals surface area contributed by atoms with Crippen LogP contribution in [0.15, 0.2) is 24.3 Å². The highest BCUT2D eigenvalue weighted by molar-refractivity contribution is 5.74.